The Bertz CT molecular complexity index is 785. The number of rotatable bonds is 9. The summed E-state index contributed by atoms with van der Waals surface area (Å²) in [5.41, 5.74) is -1.05. The number of nitrogens with zero attached hydrogens (tertiary/aromatic N) is 1. The van der Waals surface area contributed by atoms with Crippen LogP contribution in [-0.4, -0.2) is 33.7 Å². The first-order valence-corrected chi connectivity index (χ1v) is 10.6. The molecule has 8 nitrogen and oxygen atoms in total. The number of H-pyrrole nitrogens is 1. The summed E-state index contributed by atoms with van der Waals surface area (Å²) in [4.78, 5) is 25.9. The largest absolute Gasteiger partial charge is 0.360 e. The van der Waals surface area contributed by atoms with Crippen LogP contribution in [0.3, 0.4) is 0 Å². The van der Waals surface area contributed by atoms with Crippen molar-refractivity contribution >= 4 is 7.60 Å². The summed E-state index contributed by atoms with van der Waals surface area (Å²) < 4.78 is 31.4. The highest BCUT2D eigenvalue weighted by Crippen LogP contribution is 2.55. The van der Waals surface area contributed by atoms with Gasteiger partial charge in [0, 0.05) is 11.8 Å². The molecule has 0 radical (unpaired) electrons. The molecule has 1 fully saturated rings. The van der Waals surface area contributed by atoms with Crippen LogP contribution in [0.1, 0.15) is 46.6 Å². The number of hydrogen-bond donors (Lipinski definition) is 1. The number of ether oxygens (including phenoxy) is 1. The number of nitrogens with one attached hydrogen (secondary N) is 1. The quantitative estimate of drug-likeness (QED) is 0.653. The van der Waals surface area contributed by atoms with Crippen LogP contribution in [0.2, 0.25) is 0 Å². The number of hydrogen-bond acceptors (Lipinski definition) is 6. The fraction of sp³-hybridized carbons (Fsp3) is 0.765. The van der Waals surface area contributed by atoms with Gasteiger partial charge in [-0.05, 0) is 47.0 Å². The molecule has 1 aliphatic carbocycles. The lowest BCUT2D eigenvalue weighted by Gasteiger charge is -2.26. The molecule has 0 bridgehead atoms. The second-order valence-electron chi connectivity index (χ2n) is 7.56. The minimum Gasteiger partial charge on any atom is -0.360 e. The summed E-state index contributed by atoms with van der Waals surface area (Å²) in [7, 11) is -3.42. The topological polar surface area (TPSA) is 99.6 Å². The maximum absolute atomic E-state index is 12.9. The Labute approximate surface area is 153 Å². The van der Waals surface area contributed by atoms with E-state index in [1.165, 1.54) is 10.8 Å². The first-order chi connectivity index (χ1) is 12.0. The van der Waals surface area contributed by atoms with E-state index < -0.39 is 24.4 Å². The van der Waals surface area contributed by atoms with Gasteiger partial charge in [0.05, 0.1) is 24.4 Å². The monoisotopic (exact) mass is 388 g/mol. The van der Waals surface area contributed by atoms with Crippen molar-refractivity contribution in [3.05, 3.63) is 32.6 Å². The van der Waals surface area contributed by atoms with Crippen molar-refractivity contribution in [3.8, 4) is 0 Å². The van der Waals surface area contributed by atoms with E-state index in [1.54, 1.807) is 34.6 Å². The van der Waals surface area contributed by atoms with E-state index >= 15 is 0 Å². The Morgan fingerprint density at radius 1 is 1.27 bits per heavy atom. The zero-order chi connectivity index (χ0) is 19.7. The Kier molecular flexibility index (Phi) is 6.33. The van der Waals surface area contributed by atoms with Crippen molar-refractivity contribution in [1.82, 2.24) is 9.55 Å². The van der Waals surface area contributed by atoms with Crippen molar-refractivity contribution in [3.63, 3.8) is 0 Å². The second kappa shape index (κ2) is 7.80. The van der Waals surface area contributed by atoms with Gasteiger partial charge in [-0.15, -0.1) is 0 Å². The average Bonchev–Trinajstić information content (AvgIpc) is 3.11. The smallest absolute Gasteiger partial charge is 0.356 e. The molecule has 0 aromatic carbocycles. The van der Waals surface area contributed by atoms with Gasteiger partial charge in [0.15, 0.2) is 0 Å². The molecule has 0 unspecified atom stereocenters. The van der Waals surface area contributed by atoms with Crippen LogP contribution in [0.4, 0.5) is 0 Å². The molecule has 2 rings (SSSR count). The molecule has 1 heterocycles. The van der Waals surface area contributed by atoms with Crippen LogP contribution in [-0.2, 0) is 24.9 Å². The maximum Gasteiger partial charge on any atom is 0.356 e. The molecule has 1 aliphatic rings. The molecule has 2 atom stereocenters. The Morgan fingerprint density at radius 2 is 1.81 bits per heavy atom. The summed E-state index contributed by atoms with van der Waals surface area (Å²) in [6.45, 7) is 11.1. The fourth-order valence-electron chi connectivity index (χ4n) is 2.89. The van der Waals surface area contributed by atoms with E-state index in [9.17, 15) is 14.2 Å². The van der Waals surface area contributed by atoms with Gasteiger partial charge in [0.25, 0.3) is 5.56 Å². The first kappa shape index (κ1) is 21.1. The van der Waals surface area contributed by atoms with Gasteiger partial charge in [-0.3, -0.25) is 18.9 Å². The molecule has 1 saturated carbocycles. The van der Waals surface area contributed by atoms with Gasteiger partial charge < -0.3 is 13.8 Å². The molecule has 9 heteroatoms. The minimum atomic E-state index is -3.42. The Morgan fingerprint density at radius 3 is 2.27 bits per heavy atom. The minimum absolute atomic E-state index is 0.176. The molecule has 1 aromatic heterocycles. The van der Waals surface area contributed by atoms with E-state index in [-0.39, 0.29) is 31.0 Å². The number of aromatic nitrogens is 2. The molecule has 1 N–H and O–H groups in total. The standard InChI is InChI=1S/C17H29N2O6P/c1-11(2)24-26(22,25-12(3)4)10-23-17(7-14(17)6)9-19-8-13(5)15(20)18-16(19)21/h8,11-12,14H,7,9-10H2,1-6H3,(H,18,20,21)/t14-,17+/m1/s1. The summed E-state index contributed by atoms with van der Waals surface area (Å²) in [6.07, 6.45) is 1.54. The third-order valence-electron chi connectivity index (χ3n) is 4.27. The summed E-state index contributed by atoms with van der Waals surface area (Å²) >= 11 is 0. The van der Waals surface area contributed by atoms with Gasteiger partial charge in [-0.1, -0.05) is 6.92 Å². The van der Waals surface area contributed by atoms with Crippen LogP contribution in [0.5, 0.6) is 0 Å². The zero-order valence-corrected chi connectivity index (χ0v) is 17.2. The van der Waals surface area contributed by atoms with E-state index in [2.05, 4.69) is 4.98 Å². The lowest BCUT2D eigenvalue weighted by Crippen LogP contribution is -2.36. The molecule has 0 spiro atoms. The molecule has 0 aliphatic heterocycles. The highest BCUT2D eigenvalue weighted by molar-refractivity contribution is 7.53. The summed E-state index contributed by atoms with van der Waals surface area (Å²) in [6, 6.07) is 0. The van der Waals surface area contributed by atoms with Crippen molar-refractivity contribution < 1.29 is 18.3 Å². The molecular formula is C17H29N2O6P. The highest BCUT2D eigenvalue weighted by Gasteiger charge is 2.54. The molecular weight excluding hydrogens is 359 g/mol. The van der Waals surface area contributed by atoms with Crippen molar-refractivity contribution in [2.75, 3.05) is 6.35 Å². The van der Waals surface area contributed by atoms with Crippen molar-refractivity contribution in [1.29, 1.82) is 0 Å². The third-order valence-corrected chi connectivity index (χ3v) is 6.20. The van der Waals surface area contributed by atoms with Gasteiger partial charge in [-0.2, -0.15) is 0 Å². The van der Waals surface area contributed by atoms with Crippen LogP contribution < -0.4 is 11.2 Å². The molecule has 0 amide bonds. The normalized spacial score (nSPS) is 23.0. The van der Waals surface area contributed by atoms with Gasteiger partial charge >= 0.3 is 13.3 Å². The Hall–Kier alpha value is -1.21. The first-order valence-electron chi connectivity index (χ1n) is 8.86. The highest BCUT2D eigenvalue weighted by atomic mass is 31.2. The van der Waals surface area contributed by atoms with E-state index in [0.29, 0.717) is 5.56 Å². The van der Waals surface area contributed by atoms with E-state index in [0.717, 1.165) is 6.42 Å². The van der Waals surface area contributed by atoms with Crippen LogP contribution in [0.25, 0.3) is 0 Å². The molecule has 148 valence electrons. The average molecular weight is 388 g/mol. The summed E-state index contributed by atoms with van der Waals surface area (Å²) in [5, 5.41) is 0. The van der Waals surface area contributed by atoms with Crippen LogP contribution in [0, 0.1) is 12.8 Å². The van der Waals surface area contributed by atoms with E-state index in [4.69, 9.17) is 13.8 Å². The van der Waals surface area contributed by atoms with Gasteiger partial charge in [0.1, 0.15) is 6.35 Å². The fourth-order valence-corrected chi connectivity index (χ4v) is 4.76. The van der Waals surface area contributed by atoms with Crippen LogP contribution >= 0.6 is 7.60 Å². The zero-order valence-electron chi connectivity index (χ0n) is 16.3. The number of aromatic amines is 1. The lowest BCUT2D eigenvalue weighted by molar-refractivity contribution is 0.0170. The molecule has 26 heavy (non-hydrogen) atoms. The molecule has 0 saturated heterocycles. The third kappa shape index (κ3) is 5.16. The maximum atomic E-state index is 12.9. The van der Waals surface area contributed by atoms with Gasteiger partial charge in [-0.25, -0.2) is 4.79 Å². The predicted molar refractivity (Wildman–Crippen MR) is 98.6 cm³/mol. The van der Waals surface area contributed by atoms with E-state index in [1.807, 2.05) is 6.92 Å². The van der Waals surface area contributed by atoms with Crippen molar-refractivity contribution in [2.24, 2.45) is 5.92 Å². The van der Waals surface area contributed by atoms with Crippen LogP contribution in [0.15, 0.2) is 15.8 Å². The second-order valence-corrected chi connectivity index (χ2v) is 9.46. The predicted octanol–water partition coefficient (Wildman–Crippen LogP) is 2.64. The lowest BCUT2D eigenvalue weighted by atomic mass is 10.2. The molecule has 1 aromatic rings. The van der Waals surface area contributed by atoms with Gasteiger partial charge in [0.2, 0.25) is 0 Å². The Balaban J connectivity index is 2.15. The SMILES string of the molecule is Cc1cn(C[C@@]2(OCP(=O)(OC(C)C)OC(C)C)C[C@H]2C)c(=O)[nH]c1=O. The number of aryl methyl sites for hydroxylation is 1. The van der Waals surface area contributed by atoms with Crippen molar-refractivity contribution in [2.45, 2.75) is 72.3 Å². The summed E-state index contributed by atoms with van der Waals surface area (Å²) in [5.74, 6) is 0.188.